The van der Waals surface area contributed by atoms with Gasteiger partial charge in [0.15, 0.2) is 0 Å². The first-order valence-corrected chi connectivity index (χ1v) is 7.95. The number of β-amino-alcohol motifs (C(OH)–C–C–N with tert-alkyl or cyclic N) is 1. The maximum Gasteiger partial charge on any atom is 0.277 e. The zero-order chi connectivity index (χ0) is 19.1. The molecule has 1 aliphatic rings. The van der Waals surface area contributed by atoms with Gasteiger partial charge in [0.2, 0.25) is 5.91 Å². The highest BCUT2D eigenvalue weighted by molar-refractivity contribution is 6.17. The number of anilines is 2. The Morgan fingerprint density at radius 2 is 2.04 bits per heavy atom. The van der Waals surface area contributed by atoms with Crippen molar-refractivity contribution in [1.29, 1.82) is 0 Å². The fraction of sp³-hybridized carbons (Fsp3) is 0.353. The Balaban J connectivity index is 2.24. The van der Waals surface area contributed by atoms with Gasteiger partial charge in [0.25, 0.3) is 11.8 Å². The number of methoxy groups -OCH3 is 1. The largest absolute Gasteiger partial charge is 0.489 e. The molecule has 0 aliphatic carbocycles. The van der Waals surface area contributed by atoms with Gasteiger partial charge in [0.1, 0.15) is 18.1 Å². The van der Waals surface area contributed by atoms with Crippen LogP contribution in [0.15, 0.2) is 30.0 Å². The standard InChI is InChI=1S/C17H21N3O6/c1-11(22)18-12-3-4-15(26-8-7-25-2)13(9-12)19-14-10-16(23)20(5-6-21)17(14)24/h3-4,9-10,19,21H,5-8H2,1-2H3,(H,18,22). The van der Waals surface area contributed by atoms with Crippen LogP contribution in [0.5, 0.6) is 5.75 Å². The van der Waals surface area contributed by atoms with Gasteiger partial charge in [0.05, 0.1) is 25.4 Å². The zero-order valence-electron chi connectivity index (χ0n) is 14.6. The number of imide groups is 1. The molecule has 1 aromatic rings. The molecule has 1 heterocycles. The Hall–Kier alpha value is -2.91. The van der Waals surface area contributed by atoms with Crippen LogP contribution in [0.2, 0.25) is 0 Å². The van der Waals surface area contributed by atoms with Gasteiger partial charge in [-0.15, -0.1) is 0 Å². The fourth-order valence-electron chi connectivity index (χ4n) is 2.32. The van der Waals surface area contributed by atoms with Gasteiger partial charge < -0.3 is 25.2 Å². The van der Waals surface area contributed by atoms with Crippen LogP contribution in [-0.2, 0) is 19.1 Å². The van der Waals surface area contributed by atoms with E-state index in [-0.39, 0.29) is 31.4 Å². The topological polar surface area (TPSA) is 117 Å². The van der Waals surface area contributed by atoms with E-state index < -0.39 is 11.8 Å². The fourth-order valence-corrected chi connectivity index (χ4v) is 2.32. The lowest BCUT2D eigenvalue weighted by molar-refractivity contribution is -0.137. The summed E-state index contributed by atoms with van der Waals surface area (Å²) in [5.74, 6) is -0.870. The molecule has 1 aromatic carbocycles. The van der Waals surface area contributed by atoms with Crippen molar-refractivity contribution in [1.82, 2.24) is 4.90 Å². The maximum atomic E-state index is 12.3. The quantitative estimate of drug-likeness (QED) is 0.427. The lowest BCUT2D eigenvalue weighted by Gasteiger charge is -2.16. The first-order chi connectivity index (χ1) is 12.5. The number of hydrogen-bond acceptors (Lipinski definition) is 7. The van der Waals surface area contributed by atoms with Crippen molar-refractivity contribution >= 4 is 29.1 Å². The molecule has 9 heteroatoms. The molecule has 0 fully saturated rings. The predicted molar refractivity (Wildman–Crippen MR) is 93.6 cm³/mol. The van der Waals surface area contributed by atoms with Crippen LogP contribution >= 0.6 is 0 Å². The second-order valence-electron chi connectivity index (χ2n) is 5.44. The number of aliphatic hydroxyl groups excluding tert-OH is 1. The lowest BCUT2D eigenvalue weighted by Crippen LogP contribution is -2.34. The van der Waals surface area contributed by atoms with E-state index in [9.17, 15) is 14.4 Å². The Morgan fingerprint density at radius 1 is 1.27 bits per heavy atom. The summed E-state index contributed by atoms with van der Waals surface area (Å²) in [7, 11) is 1.55. The van der Waals surface area contributed by atoms with Crippen LogP contribution in [0.3, 0.4) is 0 Å². The monoisotopic (exact) mass is 363 g/mol. The van der Waals surface area contributed by atoms with Crippen LogP contribution in [0.1, 0.15) is 6.92 Å². The molecule has 2 rings (SSSR count). The number of amides is 3. The van der Waals surface area contributed by atoms with E-state index in [1.807, 2.05) is 0 Å². The van der Waals surface area contributed by atoms with Crippen molar-refractivity contribution in [3.63, 3.8) is 0 Å². The molecule has 26 heavy (non-hydrogen) atoms. The van der Waals surface area contributed by atoms with Gasteiger partial charge in [-0.2, -0.15) is 0 Å². The lowest BCUT2D eigenvalue weighted by atomic mass is 10.2. The summed E-state index contributed by atoms with van der Waals surface area (Å²) in [6, 6.07) is 4.89. The second-order valence-corrected chi connectivity index (χ2v) is 5.44. The molecule has 0 saturated heterocycles. The van der Waals surface area contributed by atoms with Gasteiger partial charge in [-0.3, -0.25) is 19.3 Å². The summed E-state index contributed by atoms with van der Waals surface area (Å²) in [6.07, 6.45) is 1.15. The van der Waals surface area contributed by atoms with Crippen LogP contribution < -0.4 is 15.4 Å². The summed E-state index contributed by atoms with van der Waals surface area (Å²) in [6.45, 7) is 1.64. The third-order valence-electron chi connectivity index (χ3n) is 3.45. The van der Waals surface area contributed by atoms with Crippen LogP contribution in [0, 0.1) is 0 Å². The molecule has 0 saturated carbocycles. The third kappa shape index (κ3) is 4.80. The van der Waals surface area contributed by atoms with E-state index >= 15 is 0 Å². The van der Waals surface area contributed by atoms with E-state index in [4.69, 9.17) is 14.6 Å². The summed E-state index contributed by atoms with van der Waals surface area (Å²) in [5, 5.41) is 14.5. The van der Waals surface area contributed by atoms with E-state index in [0.717, 1.165) is 11.0 Å². The summed E-state index contributed by atoms with van der Waals surface area (Å²) < 4.78 is 10.5. The number of carbonyl (C=O) groups is 3. The third-order valence-corrected chi connectivity index (χ3v) is 3.45. The Kier molecular flexibility index (Phi) is 6.70. The Morgan fingerprint density at radius 3 is 2.69 bits per heavy atom. The average Bonchev–Trinajstić information content (AvgIpc) is 2.84. The smallest absolute Gasteiger partial charge is 0.277 e. The van der Waals surface area contributed by atoms with E-state index in [1.54, 1.807) is 25.3 Å². The molecule has 1 aliphatic heterocycles. The van der Waals surface area contributed by atoms with Gasteiger partial charge in [0, 0.05) is 25.8 Å². The molecule has 3 amide bonds. The van der Waals surface area contributed by atoms with Crippen LogP contribution in [0.25, 0.3) is 0 Å². The van der Waals surface area contributed by atoms with Crippen molar-refractivity contribution in [2.75, 3.05) is 44.1 Å². The van der Waals surface area contributed by atoms with Crippen LogP contribution in [-0.4, -0.2) is 61.2 Å². The molecule has 3 N–H and O–H groups in total. The SMILES string of the molecule is COCCOc1ccc(NC(C)=O)cc1NC1=CC(=O)N(CCO)C1=O. The molecule has 0 aromatic heterocycles. The molecular weight excluding hydrogens is 342 g/mol. The number of aliphatic hydroxyl groups is 1. The summed E-state index contributed by atoms with van der Waals surface area (Å²) in [5.41, 5.74) is 0.967. The number of ether oxygens (including phenoxy) is 2. The van der Waals surface area contributed by atoms with E-state index in [0.29, 0.717) is 23.7 Å². The number of benzene rings is 1. The first-order valence-electron chi connectivity index (χ1n) is 7.95. The van der Waals surface area contributed by atoms with Crippen LogP contribution in [0.4, 0.5) is 11.4 Å². The molecule has 0 atom stereocenters. The average molecular weight is 363 g/mol. The van der Waals surface area contributed by atoms with Crippen molar-refractivity contribution < 1.29 is 29.0 Å². The molecule has 0 unspecified atom stereocenters. The molecule has 140 valence electrons. The minimum atomic E-state index is -0.545. The van der Waals surface area contributed by atoms with Crippen molar-refractivity contribution in [3.05, 3.63) is 30.0 Å². The summed E-state index contributed by atoms with van der Waals surface area (Å²) >= 11 is 0. The van der Waals surface area contributed by atoms with E-state index in [2.05, 4.69) is 10.6 Å². The number of rotatable bonds is 9. The molecular formula is C17H21N3O6. The number of nitrogens with one attached hydrogen (secondary N) is 2. The van der Waals surface area contributed by atoms with Crippen molar-refractivity contribution in [2.45, 2.75) is 6.92 Å². The summed E-state index contributed by atoms with van der Waals surface area (Å²) in [4.78, 5) is 36.3. The highest BCUT2D eigenvalue weighted by atomic mass is 16.5. The minimum absolute atomic E-state index is 0.0556. The zero-order valence-corrected chi connectivity index (χ0v) is 14.6. The molecule has 9 nitrogen and oxygen atoms in total. The van der Waals surface area contributed by atoms with Gasteiger partial charge in [-0.1, -0.05) is 0 Å². The number of hydrogen-bond donors (Lipinski definition) is 3. The van der Waals surface area contributed by atoms with Gasteiger partial charge >= 0.3 is 0 Å². The molecule has 0 spiro atoms. The normalized spacial score (nSPS) is 13.7. The highest BCUT2D eigenvalue weighted by Crippen LogP contribution is 2.30. The number of carbonyl (C=O) groups excluding carboxylic acids is 3. The second kappa shape index (κ2) is 8.97. The number of nitrogens with zero attached hydrogens (tertiary/aromatic N) is 1. The highest BCUT2D eigenvalue weighted by Gasteiger charge is 2.31. The van der Waals surface area contributed by atoms with E-state index in [1.165, 1.54) is 6.92 Å². The van der Waals surface area contributed by atoms with Gasteiger partial charge in [-0.05, 0) is 18.2 Å². The van der Waals surface area contributed by atoms with Crippen molar-refractivity contribution in [2.24, 2.45) is 0 Å². The Labute approximate surface area is 150 Å². The predicted octanol–water partition coefficient (Wildman–Crippen LogP) is 0.327. The minimum Gasteiger partial charge on any atom is -0.489 e. The molecule has 0 radical (unpaired) electrons. The maximum absolute atomic E-state index is 12.3. The van der Waals surface area contributed by atoms with Gasteiger partial charge in [-0.25, -0.2) is 0 Å². The first kappa shape index (κ1) is 19.4. The molecule has 0 bridgehead atoms. The van der Waals surface area contributed by atoms with Crippen molar-refractivity contribution in [3.8, 4) is 5.75 Å². The Bertz CT molecular complexity index is 731.